The maximum absolute atomic E-state index is 13.8. The van der Waals surface area contributed by atoms with E-state index >= 15 is 0 Å². The van der Waals surface area contributed by atoms with Gasteiger partial charge in [0.05, 0.1) is 16.9 Å². The molecule has 1 aromatic rings. The highest BCUT2D eigenvalue weighted by molar-refractivity contribution is 6.56. The molecule has 8 heteroatoms. The Morgan fingerprint density at radius 1 is 1.25 bits per heavy atom. The van der Waals surface area contributed by atoms with E-state index in [0.717, 1.165) is 0 Å². The molecule has 0 aromatic heterocycles. The highest BCUT2D eigenvalue weighted by Gasteiger charge is 2.52. The third-order valence-electron chi connectivity index (χ3n) is 4.82. The Morgan fingerprint density at radius 3 is 2.36 bits per heavy atom. The van der Waals surface area contributed by atoms with Gasteiger partial charge in [-0.15, -0.1) is 0 Å². The smallest absolute Gasteiger partial charge is 0.444 e. The van der Waals surface area contributed by atoms with E-state index < -0.39 is 35.8 Å². The molecule has 2 rings (SSSR count). The molecule has 1 aliphatic rings. The van der Waals surface area contributed by atoms with Crippen LogP contribution in [-0.4, -0.2) is 36.6 Å². The van der Waals surface area contributed by atoms with E-state index in [2.05, 4.69) is 5.32 Å². The van der Waals surface area contributed by atoms with E-state index in [1.165, 1.54) is 6.07 Å². The van der Waals surface area contributed by atoms with Crippen LogP contribution in [0, 0.1) is 5.82 Å². The van der Waals surface area contributed by atoms with Gasteiger partial charge in [0, 0.05) is 6.54 Å². The van der Waals surface area contributed by atoms with Crippen molar-refractivity contribution in [3.63, 3.8) is 0 Å². The van der Waals surface area contributed by atoms with E-state index in [9.17, 15) is 9.18 Å². The van der Waals surface area contributed by atoms with Crippen molar-refractivity contribution in [3.05, 3.63) is 35.1 Å². The van der Waals surface area contributed by atoms with Crippen LogP contribution in [0.25, 0.3) is 6.08 Å². The second-order valence-corrected chi connectivity index (χ2v) is 8.91. The number of nitrogens with one attached hydrogen (secondary N) is 1. The fraction of sp³-hybridized carbons (Fsp3) is 0.550. The van der Waals surface area contributed by atoms with Crippen LogP contribution < -0.4 is 11.1 Å². The number of alkyl carbamates (subject to hydrolysis) is 1. The van der Waals surface area contributed by atoms with E-state index in [-0.39, 0.29) is 12.2 Å². The number of carbonyl (C=O) groups is 1. The molecule has 154 valence electrons. The molecule has 1 aromatic carbocycles. The molecule has 0 aliphatic carbocycles. The van der Waals surface area contributed by atoms with Crippen molar-refractivity contribution in [2.24, 2.45) is 0 Å². The fourth-order valence-electron chi connectivity index (χ4n) is 2.56. The van der Waals surface area contributed by atoms with Gasteiger partial charge < -0.3 is 25.1 Å². The van der Waals surface area contributed by atoms with Crippen LogP contribution in [0.5, 0.6) is 0 Å². The number of ether oxygens (including phenoxy) is 1. The van der Waals surface area contributed by atoms with Crippen molar-refractivity contribution < 1.29 is 23.2 Å². The third kappa shape index (κ3) is 5.26. The maximum atomic E-state index is 13.8. The number of hydrogen-bond acceptors (Lipinski definition) is 5. The van der Waals surface area contributed by atoms with Crippen molar-refractivity contribution >= 4 is 25.0 Å². The molecular weight excluding hydrogens is 362 g/mol. The lowest BCUT2D eigenvalue weighted by Gasteiger charge is -2.32. The van der Waals surface area contributed by atoms with Gasteiger partial charge in [0.25, 0.3) is 0 Å². The second-order valence-electron chi connectivity index (χ2n) is 8.91. The monoisotopic (exact) mass is 392 g/mol. The summed E-state index contributed by atoms with van der Waals surface area (Å²) in [5, 5.41) is 2.70. The minimum Gasteiger partial charge on any atom is -0.444 e. The zero-order chi connectivity index (χ0) is 21.3. The van der Waals surface area contributed by atoms with Gasteiger partial charge in [-0.25, -0.2) is 9.18 Å². The fourth-order valence-corrected chi connectivity index (χ4v) is 2.56. The second kappa shape index (κ2) is 7.76. The van der Waals surface area contributed by atoms with Gasteiger partial charge in [-0.1, -0.05) is 18.2 Å². The molecule has 0 bridgehead atoms. The molecule has 1 amide bonds. The molecule has 0 atom stereocenters. The number of rotatable bonds is 4. The van der Waals surface area contributed by atoms with Crippen LogP contribution >= 0.6 is 0 Å². The molecule has 3 N–H and O–H groups in total. The molecule has 0 saturated carbocycles. The Kier molecular flexibility index (Phi) is 6.16. The first-order chi connectivity index (χ1) is 12.7. The Labute approximate surface area is 166 Å². The van der Waals surface area contributed by atoms with E-state index in [0.29, 0.717) is 11.0 Å². The lowest BCUT2D eigenvalue weighted by atomic mass is 9.77. The summed E-state index contributed by atoms with van der Waals surface area (Å²) in [7, 11) is -0.720. The van der Waals surface area contributed by atoms with Crippen LogP contribution in [0.4, 0.5) is 14.9 Å². The highest BCUT2D eigenvalue weighted by Crippen LogP contribution is 2.39. The van der Waals surface area contributed by atoms with Crippen LogP contribution in [0.15, 0.2) is 23.7 Å². The van der Waals surface area contributed by atoms with Gasteiger partial charge in [0.15, 0.2) is 0 Å². The minimum absolute atomic E-state index is 0.0220. The van der Waals surface area contributed by atoms with Crippen LogP contribution in [0.3, 0.4) is 0 Å². The predicted octanol–water partition coefficient (Wildman–Crippen LogP) is 3.95. The summed E-state index contributed by atoms with van der Waals surface area (Å²) in [6, 6.07) is 4.55. The number of para-hydroxylation sites is 1. The van der Waals surface area contributed by atoms with E-state index in [4.69, 9.17) is 19.8 Å². The van der Waals surface area contributed by atoms with Gasteiger partial charge in [0.1, 0.15) is 11.4 Å². The summed E-state index contributed by atoms with van der Waals surface area (Å²) >= 11 is 0. The van der Waals surface area contributed by atoms with Gasteiger partial charge in [0.2, 0.25) is 0 Å². The number of anilines is 1. The normalized spacial score (nSPS) is 18.9. The molecule has 1 saturated heterocycles. The average molecular weight is 392 g/mol. The molecule has 0 radical (unpaired) electrons. The largest absolute Gasteiger partial charge is 0.492 e. The van der Waals surface area contributed by atoms with Gasteiger partial charge in [-0.2, -0.15) is 0 Å². The highest BCUT2D eigenvalue weighted by atomic mass is 19.1. The molecule has 6 nitrogen and oxygen atoms in total. The van der Waals surface area contributed by atoms with E-state index in [1.54, 1.807) is 39.0 Å². The Balaban J connectivity index is 2.30. The minimum atomic E-state index is -0.720. The SMILES string of the molecule is CC(C)(C)OC(=O)NCC(=Cc1cccc(F)c1N)B1OC(C)(C)C(C)(C)O1. The summed E-state index contributed by atoms with van der Waals surface area (Å²) in [5.74, 6) is -0.512. The number of carbonyl (C=O) groups excluding carboxylic acids is 1. The zero-order valence-corrected chi connectivity index (χ0v) is 17.7. The molecule has 1 heterocycles. The first-order valence-electron chi connectivity index (χ1n) is 9.29. The molecular formula is C20H30BFN2O4. The van der Waals surface area contributed by atoms with Crippen LogP contribution in [0.2, 0.25) is 0 Å². The quantitative estimate of drug-likeness (QED) is 0.599. The number of amides is 1. The number of hydrogen-bond donors (Lipinski definition) is 2. The van der Waals surface area contributed by atoms with Crippen LogP contribution in [0.1, 0.15) is 54.0 Å². The Bertz CT molecular complexity index is 756. The summed E-state index contributed by atoms with van der Waals surface area (Å²) in [6.07, 6.45) is 1.11. The number of benzene rings is 1. The number of nitrogens with two attached hydrogens (primary N) is 1. The van der Waals surface area contributed by atoms with Crippen molar-refractivity contribution in [2.45, 2.75) is 65.3 Å². The summed E-state index contributed by atoms with van der Waals surface area (Å²) < 4.78 is 31.3. The van der Waals surface area contributed by atoms with Crippen LogP contribution in [-0.2, 0) is 14.0 Å². The van der Waals surface area contributed by atoms with Crippen molar-refractivity contribution in [2.75, 3.05) is 12.3 Å². The molecule has 0 spiro atoms. The standard InChI is InChI=1S/C20H30BFN2O4/c1-18(2,3)26-17(25)24-12-14(11-13-9-8-10-15(22)16(13)23)21-27-19(4,5)20(6,7)28-21/h8-11H,12,23H2,1-7H3,(H,24,25). The summed E-state index contributed by atoms with van der Waals surface area (Å²) in [5.41, 5.74) is 5.23. The first kappa shape index (κ1) is 22.2. The summed E-state index contributed by atoms with van der Waals surface area (Å²) in [4.78, 5) is 12.1. The number of halogens is 1. The lowest BCUT2D eigenvalue weighted by molar-refractivity contribution is 0.00578. The maximum Gasteiger partial charge on any atom is 0.492 e. The molecule has 0 unspecified atom stereocenters. The zero-order valence-electron chi connectivity index (χ0n) is 17.7. The first-order valence-corrected chi connectivity index (χ1v) is 9.29. The van der Waals surface area contributed by atoms with Gasteiger partial charge in [-0.3, -0.25) is 0 Å². The van der Waals surface area contributed by atoms with Gasteiger partial charge in [-0.05, 0) is 65.6 Å². The van der Waals surface area contributed by atoms with Crippen molar-refractivity contribution in [1.82, 2.24) is 5.32 Å². The molecule has 1 aliphatic heterocycles. The average Bonchev–Trinajstić information content (AvgIpc) is 2.74. The van der Waals surface area contributed by atoms with E-state index in [1.807, 2.05) is 27.7 Å². The summed E-state index contributed by atoms with van der Waals surface area (Å²) in [6.45, 7) is 13.2. The number of nitrogen functional groups attached to an aromatic ring is 1. The third-order valence-corrected chi connectivity index (χ3v) is 4.82. The predicted molar refractivity (Wildman–Crippen MR) is 109 cm³/mol. The lowest BCUT2D eigenvalue weighted by Crippen LogP contribution is -2.41. The topological polar surface area (TPSA) is 82.8 Å². The molecule has 1 fully saturated rings. The Morgan fingerprint density at radius 2 is 1.82 bits per heavy atom. The molecule has 28 heavy (non-hydrogen) atoms. The van der Waals surface area contributed by atoms with Crippen molar-refractivity contribution in [1.29, 1.82) is 0 Å². The van der Waals surface area contributed by atoms with Gasteiger partial charge >= 0.3 is 13.2 Å². The Hall–Kier alpha value is -2.06. The van der Waals surface area contributed by atoms with Crippen molar-refractivity contribution in [3.8, 4) is 0 Å².